The minimum Gasteiger partial charge on any atom is -0.486 e. The van der Waals surface area contributed by atoms with Crippen LogP contribution in [0.1, 0.15) is 5.56 Å². The molecule has 0 heterocycles. The molecule has 2 aromatic carbocycles. The molecule has 104 valence electrons. The maximum atomic E-state index is 13.8. The van der Waals surface area contributed by atoms with Gasteiger partial charge in [0.15, 0.2) is 11.6 Å². The van der Waals surface area contributed by atoms with Crippen LogP contribution < -0.4 is 10.2 Å². The number of benzene rings is 2. The van der Waals surface area contributed by atoms with E-state index in [0.717, 1.165) is 12.1 Å². The van der Waals surface area contributed by atoms with Crippen LogP contribution in [0, 0.1) is 17.5 Å². The molecule has 0 saturated heterocycles. The van der Waals surface area contributed by atoms with E-state index < -0.39 is 35.8 Å². The lowest BCUT2D eigenvalue weighted by atomic mass is 9.79. The normalized spacial score (nSPS) is 10.4. The van der Waals surface area contributed by atoms with Gasteiger partial charge in [-0.05, 0) is 18.2 Å². The summed E-state index contributed by atoms with van der Waals surface area (Å²) in [6.07, 6.45) is 0. The van der Waals surface area contributed by atoms with Crippen molar-refractivity contribution >= 4 is 12.6 Å². The minimum atomic E-state index is -2.30. The summed E-state index contributed by atoms with van der Waals surface area (Å²) in [7, 11) is -2.30. The van der Waals surface area contributed by atoms with E-state index in [2.05, 4.69) is 0 Å². The van der Waals surface area contributed by atoms with Crippen LogP contribution in [-0.2, 0) is 6.61 Å². The van der Waals surface area contributed by atoms with Crippen LogP contribution in [0.3, 0.4) is 0 Å². The summed E-state index contributed by atoms with van der Waals surface area (Å²) in [6.45, 7) is -0.268. The Hall–Kier alpha value is -1.99. The van der Waals surface area contributed by atoms with E-state index >= 15 is 0 Å². The Labute approximate surface area is 113 Å². The fourth-order valence-corrected chi connectivity index (χ4v) is 1.67. The van der Waals surface area contributed by atoms with Gasteiger partial charge in [-0.15, -0.1) is 0 Å². The second-order valence-electron chi connectivity index (χ2n) is 4.03. The summed E-state index contributed by atoms with van der Waals surface area (Å²) >= 11 is 0. The maximum Gasteiger partial charge on any atom is 0.494 e. The van der Waals surface area contributed by atoms with Crippen LogP contribution in [0.2, 0.25) is 0 Å². The molecule has 0 atom stereocenters. The summed E-state index contributed by atoms with van der Waals surface area (Å²) in [6, 6.07) is 7.61. The molecule has 20 heavy (non-hydrogen) atoms. The third-order valence-corrected chi connectivity index (χ3v) is 2.69. The molecule has 0 fully saturated rings. The van der Waals surface area contributed by atoms with Crippen molar-refractivity contribution in [3.63, 3.8) is 0 Å². The van der Waals surface area contributed by atoms with Crippen LogP contribution in [-0.4, -0.2) is 17.2 Å². The highest BCUT2D eigenvalue weighted by molar-refractivity contribution is 6.58. The predicted octanol–water partition coefficient (Wildman–Crippen LogP) is 1.36. The average Bonchev–Trinajstić information content (AvgIpc) is 2.39. The first-order valence-electron chi connectivity index (χ1n) is 5.71. The summed E-state index contributed by atoms with van der Waals surface area (Å²) in [5.41, 5.74) is -0.710. The van der Waals surface area contributed by atoms with Crippen LogP contribution in [0.25, 0.3) is 0 Å². The van der Waals surface area contributed by atoms with E-state index in [4.69, 9.17) is 14.8 Å². The minimum absolute atomic E-state index is 0.197. The van der Waals surface area contributed by atoms with Gasteiger partial charge in [-0.2, -0.15) is 0 Å². The van der Waals surface area contributed by atoms with Gasteiger partial charge in [-0.1, -0.05) is 18.2 Å². The van der Waals surface area contributed by atoms with Crippen LogP contribution in [0.4, 0.5) is 13.2 Å². The SMILES string of the molecule is OB(O)c1c(F)ccc(OCc2ccccc2F)c1F. The molecule has 0 aliphatic rings. The molecule has 0 unspecified atom stereocenters. The summed E-state index contributed by atoms with van der Waals surface area (Å²) in [5, 5.41) is 17.8. The van der Waals surface area contributed by atoms with E-state index in [-0.39, 0.29) is 12.2 Å². The van der Waals surface area contributed by atoms with E-state index in [1.807, 2.05) is 0 Å². The second kappa shape index (κ2) is 5.98. The van der Waals surface area contributed by atoms with Crippen LogP contribution in [0.5, 0.6) is 5.75 Å². The Balaban J connectivity index is 2.23. The van der Waals surface area contributed by atoms with Crippen molar-refractivity contribution in [3.8, 4) is 5.75 Å². The lowest BCUT2D eigenvalue weighted by Crippen LogP contribution is -2.36. The fraction of sp³-hybridized carbons (Fsp3) is 0.0769. The molecule has 2 rings (SSSR count). The van der Waals surface area contributed by atoms with Gasteiger partial charge in [-0.3, -0.25) is 0 Å². The van der Waals surface area contributed by atoms with E-state index in [9.17, 15) is 13.2 Å². The van der Waals surface area contributed by atoms with Gasteiger partial charge >= 0.3 is 7.12 Å². The molecule has 7 heteroatoms. The highest BCUT2D eigenvalue weighted by Crippen LogP contribution is 2.18. The highest BCUT2D eigenvalue weighted by Gasteiger charge is 2.24. The first-order chi connectivity index (χ1) is 9.50. The molecule has 3 nitrogen and oxygen atoms in total. The van der Waals surface area contributed by atoms with Crippen molar-refractivity contribution in [2.24, 2.45) is 0 Å². The smallest absolute Gasteiger partial charge is 0.486 e. The summed E-state index contributed by atoms with van der Waals surface area (Å²) < 4.78 is 45.4. The molecular formula is C13H10BF3O3. The monoisotopic (exact) mass is 282 g/mol. The van der Waals surface area contributed by atoms with Gasteiger partial charge in [0.1, 0.15) is 18.2 Å². The van der Waals surface area contributed by atoms with Crippen LogP contribution in [0.15, 0.2) is 36.4 Å². The molecule has 0 aliphatic heterocycles. The fourth-order valence-electron chi connectivity index (χ4n) is 1.67. The molecule has 0 spiro atoms. The third kappa shape index (κ3) is 2.94. The summed E-state index contributed by atoms with van der Waals surface area (Å²) in [4.78, 5) is 0. The standard InChI is InChI=1S/C13H10BF3O3/c15-9-4-2-1-3-8(9)7-20-11-6-5-10(16)12(13(11)17)14(18)19/h1-6,18-19H,7H2. The van der Waals surface area contributed by atoms with E-state index in [0.29, 0.717) is 0 Å². The first-order valence-corrected chi connectivity index (χ1v) is 5.71. The van der Waals surface area contributed by atoms with Gasteiger partial charge in [0.25, 0.3) is 0 Å². The third-order valence-electron chi connectivity index (χ3n) is 2.69. The molecule has 0 radical (unpaired) electrons. The zero-order valence-electron chi connectivity index (χ0n) is 10.2. The zero-order chi connectivity index (χ0) is 14.7. The van der Waals surface area contributed by atoms with Crippen molar-refractivity contribution in [3.05, 3.63) is 59.4 Å². The maximum absolute atomic E-state index is 13.8. The largest absolute Gasteiger partial charge is 0.494 e. The number of rotatable bonds is 4. The lowest BCUT2D eigenvalue weighted by molar-refractivity contribution is 0.284. The second-order valence-corrected chi connectivity index (χ2v) is 4.03. The molecule has 0 aliphatic carbocycles. The van der Waals surface area contributed by atoms with Crippen molar-refractivity contribution < 1.29 is 28.0 Å². The molecule has 2 N–H and O–H groups in total. The lowest BCUT2D eigenvalue weighted by Gasteiger charge is -2.11. The molecular weight excluding hydrogens is 272 g/mol. The van der Waals surface area contributed by atoms with Gasteiger partial charge < -0.3 is 14.8 Å². The Kier molecular flexibility index (Phi) is 4.31. The Morgan fingerprint density at radius 1 is 0.950 bits per heavy atom. The first kappa shape index (κ1) is 14.4. The van der Waals surface area contributed by atoms with Crippen molar-refractivity contribution in [2.75, 3.05) is 0 Å². The van der Waals surface area contributed by atoms with Crippen molar-refractivity contribution in [1.29, 1.82) is 0 Å². The van der Waals surface area contributed by atoms with Gasteiger partial charge in [0.2, 0.25) is 0 Å². The predicted molar refractivity (Wildman–Crippen MR) is 66.9 cm³/mol. The molecule has 0 aromatic heterocycles. The molecule has 0 amide bonds. The van der Waals surface area contributed by atoms with Crippen molar-refractivity contribution in [2.45, 2.75) is 6.61 Å². The average molecular weight is 282 g/mol. The van der Waals surface area contributed by atoms with E-state index in [1.54, 1.807) is 6.07 Å². The van der Waals surface area contributed by atoms with Crippen molar-refractivity contribution in [1.82, 2.24) is 0 Å². The number of hydrogen-bond acceptors (Lipinski definition) is 3. The number of ether oxygens (including phenoxy) is 1. The highest BCUT2D eigenvalue weighted by atomic mass is 19.1. The molecule has 0 saturated carbocycles. The Bertz CT molecular complexity index is 620. The topological polar surface area (TPSA) is 49.7 Å². The molecule has 0 bridgehead atoms. The number of hydrogen-bond donors (Lipinski definition) is 2. The number of halogens is 3. The Morgan fingerprint density at radius 3 is 2.30 bits per heavy atom. The zero-order valence-corrected chi connectivity index (χ0v) is 10.2. The van der Waals surface area contributed by atoms with Gasteiger partial charge in [0.05, 0.1) is 5.46 Å². The van der Waals surface area contributed by atoms with Gasteiger partial charge in [-0.25, -0.2) is 13.2 Å². The molecule has 2 aromatic rings. The van der Waals surface area contributed by atoms with E-state index in [1.165, 1.54) is 18.2 Å². The summed E-state index contributed by atoms with van der Waals surface area (Å²) in [5.74, 6) is -3.23. The van der Waals surface area contributed by atoms with Gasteiger partial charge in [0, 0.05) is 5.56 Å². The van der Waals surface area contributed by atoms with Crippen LogP contribution >= 0.6 is 0 Å². The Morgan fingerprint density at radius 2 is 1.65 bits per heavy atom. The quantitative estimate of drug-likeness (QED) is 0.832.